The van der Waals surface area contributed by atoms with E-state index in [4.69, 9.17) is 10.5 Å². The number of esters is 1. The number of halogens is 1. The second-order valence-electron chi connectivity index (χ2n) is 7.51. The number of carbonyl (C=O) groups excluding carboxylic acids is 2. The molecule has 0 saturated heterocycles. The third kappa shape index (κ3) is 4.28. The van der Waals surface area contributed by atoms with Crippen molar-refractivity contribution in [3.63, 3.8) is 0 Å². The Bertz CT molecular complexity index is 1390. The van der Waals surface area contributed by atoms with E-state index >= 15 is 0 Å². The number of hydrogen-bond acceptors (Lipinski definition) is 7. The van der Waals surface area contributed by atoms with Crippen molar-refractivity contribution in [1.29, 1.82) is 0 Å². The van der Waals surface area contributed by atoms with Crippen molar-refractivity contribution in [2.45, 2.75) is 27.7 Å². The summed E-state index contributed by atoms with van der Waals surface area (Å²) in [4.78, 5) is 31.8. The summed E-state index contributed by atoms with van der Waals surface area (Å²) in [5.41, 5.74) is 11.7. The quantitative estimate of drug-likeness (QED) is 0.272. The lowest BCUT2D eigenvalue weighted by Gasteiger charge is -2.09. The highest BCUT2D eigenvalue weighted by atomic mass is 79.9. The largest absolute Gasteiger partial charge is 0.462 e. The Morgan fingerprint density at radius 2 is 1.85 bits per heavy atom. The minimum Gasteiger partial charge on any atom is -0.462 e. The van der Waals surface area contributed by atoms with E-state index in [-0.39, 0.29) is 12.5 Å². The van der Waals surface area contributed by atoms with Crippen molar-refractivity contribution in [3.8, 4) is 11.1 Å². The number of nitrogens with zero attached hydrogens (tertiary/aromatic N) is 1. The first-order valence-electron chi connectivity index (χ1n) is 10.2. The van der Waals surface area contributed by atoms with Gasteiger partial charge >= 0.3 is 5.97 Å². The van der Waals surface area contributed by atoms with Crippen LogP contribution in [0.1, 0.15) is 43.8 Å². The van der Waals surface area contributed by atoms with Crippen LogP contribution in [0.25, 0.3) is 21.3 Å². The molecule has 3 N–H and O–H groups in total. The summed E-state index contributed by atoms with van der Waals surface area (Å²) >= 11 is 5.96. The zero-order valence-corrected chi connectivity index (χ0v) is 21.8. The lowest BCUT2D eigenvalue weighted by molar-refractivity contribution is 0.0529. The fourth-order valence-corrected chi connectivity index (χ4v) is 5.91. The average molecular weight is 544 g/mol. The zero-order valence-electron chi connectivity index (χ0n) is 18.5. The summed E-state index contributed by atoms with van der Waals surface area (Å²) < 4.78 is 6.22. The van der Waals surface area contributed by atoms with Gasteiger partial charge in [-0.25, -0.2) is 9.78 Å². The minimum absolute atomic E-state index is 0.231. The molecule has 4 rings (SSSR count). The molecule has 9 heteroatoms. The molecular weight excluding hydrogens is 522 g/mol. The number of amides is 1. The Morgan fingerprint density at radius 3 is 2.52 bits per heavy atom. The van der Waals surface area contributed by atoms with Gasteiger partial charge in [0.1, 0.15) is 20.3 Å². The van der Waals surface area contributed by atoms with Crippen molar-refractivity contribution in [2.75, 3.05) is 17.7 Å². The molecule has 0 radical (unpaired) electrons. The molecule has 0 unspecified atom stereocenters. The lowest BCUT2D eigenvalue weighted by atomic mass is 10.0. The summed E-state index contributed by atoms with van der Waals surface area (Å²) in [7, 11) is 0. The van der Waals surface area contributed by atoms with E-state index in [0.29, 0.717) is 26.7 Å². The highest BCUT2D eigenvalue weighted by Crippen LogP contribution is 2.40. The smallest absolute Gasteiger partial charge is 0.341 e. The Balaban J connectivity index is 1.75. The number of aromatic nitrogens is 1. The summed E-state index contributed by atoms with van der Waals surface area (Å²) in [6.07, 6.45) is 0. The Kier molecular flexibility index (Phi) is 6.56. The van der Waals surface area contributed by atoms with E-state index in [0.717, 1.165) is 37.1 Å². The number of anilines is 2. The van der Waals surface area contributed by atoms with Gasteiger partial charge < -0.3 is 15.8 Å². The predicted octanol–water partition coefficient (Wildman–Crippen LogP) is 6.72. The number of nitrogens with two attached hydrogens (primary N) is 1. The number of thiophene rings is 2. The molecule has 0 aliphatic heterocycles. The maximum atomic E-state index is 13.2. The number of ether oxygens (including phenoxy) is 1. The van der Waals surface area contributed by atoms with Crippen LogP contribution in [0.15, 0.2) is 34.1 Å². The molecule has 170 valence electrons. The summed E-state index contributed by atoms with van der Waals surface area (Å²) in [5, 5.41) is 5.96. The fourth-order valence-electron chi connectivity index (χ4n) is 3.59. The molecule has 0 spiro atoms. The SMILES string of the molecule is CCOC(=O)c1c(-c2ccc(Br)cc2)csc1NC(=O)c1sc2nc(C)c(C)c(C)c2c1N. The number of pyridine rings is 1. The second kappa shape index (κ2) is 9.24. The Morgan fingerprint density at radius 1 is 1.15 bits per heavy atom. The molecule has 0 bridgehead atoms. The number of fused-ring (bicyclic) bond motifs is 1. The molecule has 3 aromatic heterocycles. The monoisotopic (exact) mass is 543 g/mol. The topological polar surface area (TPSA) is 94.3 Å². The average Bonchev–Trinajstić information content (AvgIpc) is 3.34. The van der Waals surface area contributed by atoms with Gasteiger partial charge in [-0.15, -0.1) is 22.7 Å². The van der Waals surface area contributed by atoms with E-state index in [1.54, 1.807) is 6.92 Å². The summed E-state index contributed by atoms with van der Waals surface area (Å²) in [6.45, 7) is 7.90. The van der Waals surface area contributed by atoms with Crippen molar-refractivity contribution < 1.29 is 14.3 Å². The molecule has 1 aromatic carbocycles. The van der Waals surface area contributed by atoms with Crippen LogP contribution >= 0.6 is 38.6 Å². The number of nitrogens with one attached hydrogen (secondary N) is 1. The standard InChI is InChI=1S/C24H22BrN3O3S2/c1-5-31-24(30)18-16(14-6-8-15(25)9-7-14)10-32-22(18)28-21(29)20-19(26)17-12(3)11(2)13(4)27-23(17)33-20/h6-10H,5,26H2,1-4H3,(H,28,29). The van der Waals surface area contributed by atoms with Gasteiger partial charge in [0.25, 0.3) is 5.91 Å². The Labute approximate surface area is 207 Å². The first kappa shape index (κ1) is 23.4. The van der Waals surface area contributed by atoms with Crippen LogP contribution in [0, 0.1) is 20.8 Å². The number of hydrogen-bond donors (Lipinski definition) is 2. The molecule has 4 aromatic rings. The van der Waals surface area contributed by atoms with Gasteiger partial charge in [0, 0.05) is 26.5 Å². The molecule has 1 amide bonds. The molecular formula is C24H22BrN3O3S2. The van der Waals surface area contributed by atoms with Crippen LogP contribution in [0.2, 0.25) is 0 Å². The molecule has 3 heterocycles. The van der Waals surface area contributed by atoms with E-state index in [1.807, 2.05) is 50.4 Å². The molecule has 0 saturated carbocycles. The highest BCUT2D eigenvalue weighted by molar-refractivity contribution is 9.10. The van der Waals surface area contributed by atoms with Gasteiger partial charge in [-0.05, 0) is 56.5 Å². The second-order valence-corrected chi connectivity index (χ2v) is 10.3. The van der Waals surface area contributed by atoms with Gasteiger partial charge in [-0.3, -0.25) is 4.79 Å². The summed E-state index contributed by atoms with van der Waals surface area (Å²) in [6, 6.07) is 7.61. The number of aryl methyl sites for hydroxylation is 2. The van der Waals surface area contributed by atoms with E-state index < -0.39 is 5.97 Å². The minimum atomic E-state index is -0.486. The number of rotatable bonds is 5. The van der Waals surface area contributed by atoms with Crippen LogP contribution in [-0.2, 0) is 4.74 Å². The molecule has 0 fully saturated rings. The van der Waals surface area contributed by atoms with Gasteiger partial charge in [0.05, 0.1) is 12.3 Å². The van der Waals surface area contributed by atoms with E-state index in [2.05, 4.69) is 26.2 Å². The lowest BCUT2D eigenvalue weighted by Crippen LogP contribution is -2.15. The normalized spacial score (nSPS) is 11.1. The summed E-state index contributed by atoms with van der Waals surface area (Å²) in [5.74, 6) is -0.861. The maximum absolute atomic E-state index is 13.2. The maximum Gasteiger partial charge on any atom is 0.341 e. The molecule has 0 atom stereocenters. The number of nitrogen functional groups attached to an aromatic ring is 1. The molecule has 6 nitrogen and oxygen atoms in total. The van der Waals surface area contributed by atoms with Crippen LogP contribution in [-0.4, -0.2) is 23.5 Å². The fraction of sp³-hybridized carbons (Fsp3) is 0.208. The van der Waals surface area contributed by atoms with E-state index in [1.165, 1.54) is 22.7 Å². The van der Waals surface area contributed by atoms with Crippen molar-refractivity contribution >= 4 is 71.4 Å². The van der Waals surface area contributed by atoms with Gasteiger partial charge in [-0.2, -0.15) is 0 Å². The third-order valence-electron chi connectivity index (χ3n) is 5.54. The van der Waals surface area contributed by atoms with Gasteiger partial charge in [0.2, 0.25) is 0 Å². The van der Waals surface area contributed by atoms with Crippen LogP contribution < -0.4 is 11.1 Å². The predicted molar refractivity (Wildman–Crippen MR) is 140 cm³/mol. The van der Waals surface area contributed by atoms with Crippen LogP contribution in [0.4, 0.5) is 10.7 Å². The number of benzene rings is 1. The van der Waals surface area contributed by atoms with Crippen LogP contribution in [0.5, 0.6) is 0 Å². The molecule has 33 heavy (non-hydrogen) atoms. The molecule has 0 aliphatic rings. The van der Waals surface area contributed by atoms with Crippen LogP contribution in [0.3, 0.4) is 0 Å². The van der Waals surface area contributed by atoms with Gasteiger partial charge in [0.15, 0.2) is 0 Å². The van der Waals surface area contributed by atoms with Crippen molar-refractivity contribution in [1.82, 2.24) is 4.98 Å². The number of carbonyl (C=O) groups is 2. The third-order valence-corrected chi connectivity index (χ3v) is 8.06. The van der Waals surface area contributed by atoms with Crippen molar-refractivity contribution in [2.24, 2.45) is 0 Å². The first-order chi connectivity index (χ1) is 15.7. The zero-order chi connectivity index (χ0) is 23.9. The van der Waals surface area contributed by atoms with Crippen molar-refractivity contribution in [3.05, 3.63) is 61.4 Å². The first-order valence-corrected chi connectivity index (χ1v) is 12.7. The molecule has 0 aliphatic carbocycles. The highest BCUT2D eigenvalue weighted by Gasteiger charge is 2.26. The van der Waals surface area contributed by atoms with E-state index in [9.17, 15) is 9.59 Å². The van der Waals surface area contributed by atoms with Gasteiger partial charge in [-0.1, -0.05) is 28.1 Å². The Hall–Kier alpha value is -2.75.